The van der Waals surface area contributed by atoms with Crippen LogP contribution in [0.5, 0.6) is 0 Å². The first-order valence-electron chi connectivity index (χ1n) is 5.35. The molecule has 0 aliphatic rings. The van der Waals surface area contributed by atoms with Crippen LogP contribution in [-0.4, -0.2) is 20.7 Å². The number of aryl methyl sites for hydroxylation is 3. The molecule has 1 atom stereocenters. The van der Waals surface area contributed by atoms with E-state index < -0.39 is 0 Å². The zero-order valence-electron chi connectivity index (χ0n) is 10.3. The number of nitrogens with one attached hydrogen (secondary N) is 1. The molecule has 0 spiro atoms. The second kappa shape index (κ2) is 5.29. The predicted molar refractivity (Wildman–Crippen MR) is 64.3 cm³/mol. The molecule has 0 heterocycles. The number of methoxy groups -OCH3 is 1. The highest BCUT2D eigenvalue weighted by molar-refractivity contribution is 5.39. The number of likely N-dealkylation sites (N-methyl/N-ethyl adjacent to an activating group) is 1. The standard InChI is InChI=1S/C13H21NO/c1-9-6-10(2)13(11(3)7-9)12(15-5)8-14-4/h6-7,12,14H,8H2,1-5H3. The maximum absolute atomic E-state index is 5.52. The molecule has 1 rings (SSSR count). The highest BCUT2D eigenvalue weighted by Crippen LogP contribution is 2.25. The molecule has 1 aromatic carbocycles. The second-order valence-corrected chi connectivity index (χ2v) is 4.09. The van der Waals surface area contributed by atoms with Crippen LogP contribution in [0.4, 0.5) is 0 Å². The van der Waals surface area contributed by atoms with E-state index in [1.165, 1.54) is 22.3 Å². The van der Waals surface area contributed by atoms with Crippen molar-refractivity contribution in [3.05, 3.63) is 34.4 Å². The average Bonchev–Trinajstić information content (AvgIpc) is 2.14. The van der Waals surface area contributed by atoms with Crippen molar-refractivity contribution in [2.45, 2.75) is 26.9 Å². The number of ether oxygens (including phenoxy) is 1. The van der Waals surface area contributed by atoms with Gasteiger partial charge in [0, 0.05) is 13.7 Å². The molecular weight excluding hydrogens is 186 g/mol. The van der Waals surface area contributed by atoms with E-state index in [1.54, 1.807) is 7.11 Å². The lowest BCUT2D eigenvalue weighted by molar-refractivity contribution is 0.103. The summed E-state index contributed by atoms with van der Waals surface area (Å²) in [5.74, 6) is 0. The Kier molecular flexibility index (Phi) is 4.30. The van der Waals surface area contributed by atoms with Gasteiger partial charge in [0.1, 0.15) is 0 Å². The Morgan fingerprint density at radius 2 is 1.73 bits per heavy atom. The van der Waals surface area contributed by atoms with Gasteiger partial charge in [-0.1, -0.05) is 17.7 Å². The van der Waals surface area contributed by atoms with Crippen LogP contribution in [0, 0.1) is 20.8 Å². The fraction of sp³-hybridized carbons (Fsp3) is 0.538. The van der Waals surface area contributed by atoms with E-state index in [4.69, 9.17) is 4.74 Å². The topological polar surface area (TPSA) is 21.3 Å². The first-order valence-corrected chi connectivity index (χ1v) is 5.35. The van der Waals surface area contributed by atoms with Gasteiger partial charge in [0.15, 0.2) is 0 Å². The van der Waals surface area contributed by atoms with E-state index in [9.17, 15) is 0 Å². The van der Waals surface area contributed by atoms with Gasteiger partial charge in [-0.25, -0.2) is 0 Å². The second-order valence-electron chi connectivity index (χ2n) is 4.09. The first-order chi connectivity index (χ1) is 7.10. The van der Waals surface area contributed by atoms with Crippen molar-refractivity contribution in [1.29, 1.82) is 0 Å². The van der Waals surface area contributed by atoms with Crippen LogP contribution >= 0.6 is 0 Å². The Hall–Kier alpha value is -0.860. The summed E-state index contributed by atoms with van der Waals surface area (Å²) < 4.78 is 5.52. The van der Waals surface area contributed by atoms with E-state index in [2.05, 4.69) is 38.2 Å². The van der Waals surface area contributed by atoms with Gasteiger partial charge in [0.25, 0.3) is 0 Å². The number of hydrogen-bond donors (Lipinski definition) is 1. The van der Waals surface area contributed by atoms with Crippen molar-refractivity contribution < 1.29 is 4.74 Å². The van der Waals surface area contributed by atoms with Gasteiger partial charge in [-0.2, -0.15) is 0 Å². The van der Waals surface area contributed by atoms with Gasteiger partial charge in [-0.3, -0.25) is 0 Å². The molecule has 84 valence electrons. The quantitative estimate of drug-likeness (QED) is 0.819. The molecule has 0 aliphatic carbocycles. The van der Waals surface area contributed by atoms with Crippen LogP contribution in [0.15, 0.2) is 12.1 Å². The Balaban J connectivity index is 3.11. The summed E-state index contributed by atoms with van der Waals surface area (Å²) in [4.78, 5) is 0. The lowest BCUT2D eigenvalue weighted by Gasteiger charge is -2.20. The Labute approximate surface area is 92.6 Å². The van der Waals surface area contributed by atoms with Gasteiger partial charge in [0.2, 0.25) is 0 Å². The van der Waals surface area contributed by atoms with Crippen LogP contribution in [0.1, 0.15) is 28.4 Å². The maximum atomic E-state index is 5.52. The summed E-state index contributed by atoms with van der Waals surface area (Å²) in [7, 11) is 3.71. The number of benzene rings is 1. The van der Waals surface area contributed by atoms with Gasteiger partial charge in [-0.05, 0) is 44.5 Å². The highest BCUT2D eigenvalue weighted by atomic mass is 16.5. The molecule has 0 fully saturated rings. The van der Waals surface area contributed by atoms with E-state index in [0.717, 1.165) is 6.54 Å². The van der Waals surface area contributed by atoms with E-state index >= 15 is 0 Å². The minimum Gasteiger partial charge on any atom is -0.375 e. The normalized spacial score (nSPS) is 12.9. The molecule has 0 saturated heterocycles. The molecule has 1 N–H and O–H groups in total. The molecule has 1 aromatic rings. The van der Waals surface area contributed by atoms with Crippen molar-refractivity contribution in [2.24, 2.45) is 0 Å². The van der Waals surface area contributed by atoms with Crippen LogP contribution in [0.25, 0.3) is 0 Å². The van der Waals surface area contributed by atoms with Crippen molar-refractivity contribution in [3.63, 3.8) is 0 Å². The van der Waals surface area contributed by atoms with Crippen molar-refractivity contribution in [1.82, 2.24) is 5.32 Å². The summed E-state index contributed by atoms with van der Waals surface area (Å²) in [6.45, 7) is 7.28. The molecule has 0 radical (unpaired) electrons. The minimum absolute atomic E-state index is 0.149. The maximum Gasteiger partial charge on any atom is 0.0950 e. The van der Waals surface area contributed by atoms with Gasteiger partial charge in [0.05, 0.1) is 6.10 Å². The molecular formula is C13H21NO. The molecule has 0 amide bonds. The largest absolute Gasteiger partial charge is 0.375 e. The predicted octanol–water partition coefficient (Wildman–Crippen LogP) is 2.52. The van der Waals surface area contributed by atoms with Crippen molar-refractivity contribution in [2.75, 3.05) is 20.7 Å². The third-order valence-corrected chi connectivity index (χ3v) is 2.73. The van der Waals surface area contributed by atoms with Crippen molar-refractivity contribution in [3.8, 4) is 0 Å². The van der Waals surface area contributed by atoms with Crippen LogP contribution in [-0.2, 0) is 4.74 Å². The fourth-order valence-corrected chi connectivity index (χ4v) is 2.19. The molecule has 0 aromatic heterocycles. The SMILES string of the molecule is CNCC(OC)c1c(C)cc(C)cc1C. The summed E-state index contributed by atoms with van der Waals surface area (Å²) in [5, 5.41) is 3.16. The zero-order chi connectivity index (χ0) is 11.4. The Morgan fingerprint density at radius 1 is 1.20 bits per heavy atom. The van der Waals surface area contributed by atoms with Crippen LogP contribution in [0.2, 0.25) is 0 Å². The monoisotopic (exact) mass is 207 g/mol. The Bertz CT molecular complexity index is 310. The lowest BCUT2D eigenvalue weighted by Crippen LogP contribution is -2.20. The number of hydrogen-bond acceptors (Lipinski definition) is 2. The molecule has 0 saturated carbocycles. The first kappa shape index (κ1) is 12.2. The van der Waals surface area contributed by atoms with E-state index in [0.29, 0.717) is 0 Å². The lowest BCUT2D eigenvalue weighted by atomic mass is 9.95. The third-order valence-electron chi connectivity index (χ3n) is 2.73. The van der Waals surface area contributed by atoms with Gasteiger partial charge < -0.3 is 10.1 Å². The molecule has 1 unspecified atom stereocenters. The number of rotatable bonds is 4. The van der Waals surface area contributed by atoms with Crippen LogP contribution < -0.4 is 5.32 Å². The average molecular weight is 207 g/mol. The van der Waals surface area contributed by atoms with Crippen LogP contribution in [0.3, 0.4) is 0 Å². The van der Waals surface area contributed by atoms with E-state index in [-0.39, 0.29) is 6.10 Å². The summed E-state index contributed by atoms with van der Waals surface area (Å²) in [5.41, 5.74) is 5.26. The Morgan fingerprint density at radius 3 is 2.13 bits per heavy atom. The summed E-state index contributed by atoms with van der Waals surface area (Å²) >= 11 is 0. The van der Waals surface area contributed by atoms with Gasteiger partial charge in [-0.15, -0.1) is 0 Å². The molecule has 0 aliphatic heterocycles. The summed E-state index contributed by atoms with van der Waals surface area (Å²) in [6.07, 6.45) is 0.149. The molecule has 2 nitrogen and oxygen atoms in total. The summed E-state index contributed by atoms with van der Waals surface area (Å²) in [6, 6.07) is 4.42. The fourth-order valence-electron chi connectivity index (χ4n) is 2.19. The van der Waals surface area contributed by atoms with Crippen molar-refractivity contribution >= 4 is 0 Å². The molecule has 15 heavy (non-hydrogen) atoms. The molecule has 2 heteroatoms. The van der Waals surface area contributed by atoms with E-state index in [1.807, 2.05) is 7.05 Å². The zero-order valence-corrected chi connectivity index (χ0v) is 10.3. The smallest absolute Gasteiger partial charge is 0.0950 e. The minimum atomic E-state index is 0.149. The molecule has 0 bridgehead atoms. The third kappa shape index (κ3) is 2.80. The van der Waals surface area contributed by atoms with Gasteiger partial charge >= 0.3 is 0 Å². The highest BCUT2D eigenvalue weighted by Gasteiger charge is 2.14.